The van der Waals surface area contributed by atoms with Crippen LogP contribution in [0.2, 0.25) is 0 Å². The lowest BCUT2D eigenvalue weighted by atomic mass is 10.1. The summed E-state index contributed by atoms with van der Waals surface area (Å²) < 4.78 is 10.5. The topological polar surface area (TPSA) is 114 Å². The second-order valence-corrected chi connectivity index (χ2v) is 8.40. The Bertz CT molecular complexity index is 1150. The summed E-state index contributed by atoms with van der Waals surface area (Å²) in [7, 11) is 3.04. The van der Waals surface area contributed by atoms with Gasteiger partial charge in [0.05, 0.1) is 31.7 Å². The number of benzene rings is 1. The largest absolute Gasteiger partial charge is 0.496 e. The monoisotopic (exact) mass is 475 g/mol. The molecule has 4 rings (SSSR count). The molecule has 1 saturated carbocycles. The summed E-state index contributed by atoms with van der Waals surface area (Å²) in [5, 5.41) is 8.99. The number of amides is 2. The van der Waals surface area contributed by atoms with E-state index in [4.69, 9.17) is 9.47 Å². The van der Waals surface area contributed by atoms with Crippen LogP contribution in [0.5, 0.6) is 11.6 Å². The number of methoxy groups -OCH3 is 2. The van der Waals surface area contributed by atoms with Gasteiger partial charge in [0.2, 0.25) is 11.8 Å². The van der Waals surface area contributed by atoms with E-state index in [-0.39, 0.29) is 11.8 Å². The first kappa shape index (κ1) is 24.0. The van der Waals surface area contributed by atoms with Gasteiger partial charge in [-0.1, -0.05) is 12.8 Å². The molecule has 9 nitrogen and oxygen atoms in total. The quantitative estimate of drug-likeness (QED) is 0.381. The van der Waals surface area contributed by atoms with E-state index in [1.807, 2.05) is 12.1 Å². The van der Waals surface area contributed by atoms with Crippen molar-refractivity contribution >= 4 is 28.9 Å². The molecule has 0 spiro atoms. The summed E-state index contributed by atoms with van der Waals surface area (Å²) in [6.07, 6.45) is 8.68. The highest BCUT2D eigenvalue weighted by atomic mass is 16.5. The van der Waals surface area contributed by atoms with Gasteiger partial charge in [-0.15, -0.1) is 0 Å². The van der Waals surface area contributed by atoms with Crippen molar-refractivity contribution in [3.63, 3.8) is 0 Å². The molecule has 1 atom stereocenters. The van der Waals surface area contributed by atoms with Crippen LogP contribution in [-0.4, -0.2) is 42.0 Å². The first-order chi connectivity index (χ1) is 17.1. The number of rotatable bonds is 11. The summed E-state index contributed by atoms with van der Waals surface area (Å²) in [6.45, 7) is 0. The van der Waals surface area contributed by atoms with Crippen LogP contribution in [0, 0.1) is 5.92 Å². The van der Waals surface area contributed by atoms with Crippen LogP contribution in [0.25, 0.3) is 0 Å². The summed E-state index contributed by atoms with van der Waals surface area (Å²) in [4.78, 5) is 34.3. The van der Waals surface area contributed by atoms with Gasteiger partial charge < -0.3 is 25.4 Å². The molecule has 0 bridgehead atoms. The lowest BCUT2D eigenvalue weighted by Gasteiger charge is -2.19. The molecule has 182 valence electrons. The van der Waals surface area contributed by atoms with Gasteiger partial charge in [0, 0.05) is 35.9 Å². The van der Waals surface area contributed by atoms with Crippen molar-refractivity contribution in [3.05, 3.63) is 66.6 Å². The Labute approximate surface area is 204 Å². The average Bonchev–Trinajstić information content (AvgIpc) is 3.72. The molecule has 35 heavy (non-hydrogen) atoms. The maximum absolute atomic E-state index is 13.2. The molecule has 3 aromatic rings. The van der Waals surface area contributed by atoms with E-state index in [2.05, 4.69) is 25.9 Å². The van der Waals surface area contributed by atoms with Crippen LogP contribution < -0.4 is 25.4 Å². The second-order valence-electron chi connectivity index (χ2n) is 8.40. The second kappa shape index (κ2) is 11.3. The Morgan fingerprint density at radius 2 is 1.77 bits per heavy atom. The number of aromatic nitrogens is 2. The van der Waals surface area contributed by atoms with Gasteiger partial charge >= 0.3 is 0 Å². The van der Waals surface area contributed by atoms with Crippen molar-refractivity contribution in [2.45, 2.75) is 31.7 Å². The molecule has 0 aliphatic heterocycles. The number of nitrogens with one attached hydrogen (secondary N) is 3. The lowest BCUT2D eigenvalue weighted by molar-refractivity contribution is -0.118. The molecular weight excluding hydrogens is 446 g/mol. The Morgan fingerprint density at radius 1 is 1.00 bits per heavy atom. The fraction of sp³-hybridized carbons (Fsp3) is 0.308. The molecule has 0 radical (unpaired) electrons. The fourth-order valence-electron chi connectivity index (χ4n) is 3.68. The first-order valence-corrected chi connectivity index (χ1v) is 11.5. The van der Waals surface area contributed by atoms with E-state index >= 15 is 0 Å². The predicted octanol–water partition coefficient (Wildman–Crippen LogP) is 4.16. The summed E-state index contributed by atoms with van der Waals surface area (Å²) in [6, 6.07) is 11.6. The average molecular weight is 476 g/mol. The lowest BCUT2D eigenvalue weighted by Crippen LogP contribution is -2.44. The van der Waals surface area contributed by atoms with Crippen LogP contribution in [-0.2, 0) is 4.79 Å². The zero-order valence-electron chi connectivity index (χ0n) is 19.8. The third kappa shape index (κ3) is 6.69. The number of carbonyl (C=O) groups is 2. The Hall–Kier alpha value is -4.14. The highest BCUT2D eigenvalue weighted by molar-refractivity contribution is 6.02. The fourth-order valence-corrected chi connectivity index (χ4v) is 3.68. The molecule has 1 aliphatic rings. The Morgan fingerprint density at radius 3 is 2.43 bits per heavy atom. The third-order valence-electron chi connectivity index (χ3n) is 5.81. The molecule has 1 aliphatic carbocycles. The van der Waals surface area contributed by atoms with Gasteiger partial charge in [-0.25, -0.2) is 4.98 Å². The number of hydrogen-bond acceptors (Lipinski definition) is 7. The van der Waals surface area contributed by atoms with Crippen molar-refractivity contribution in [1.82, 2.24) is 15.3 Å². The van der Waals surface area contributed by atoms with E-state index in [1.54, 1.807) is 42.7 Å². The zero-order valence-corrected chi connectivity index (χ0v) is 19.8. The number of pyridine rings is 2. The number of hydrogen-bond donors (Lipinski definition) is 3. The summed E-state index contributed by atoms with van der Waals surface area (Å²) >= 11 is 0. The van der Waals surface area contributed by atoms with Gasteiger partial charge in [0.15, 0.2) is 0 Å². The number of anilines is 3. The normalized spacial score (nSPS) is 13.4. The minimum absolute atomic E-state index is 0.291. The molecule has 2 heterocycles. The van der Waals surface area contributed by atoms with Crippen molar-refractivity contribution in [2.75, 3.05) is 24.9 Å². The summed E-state index contributed by atoms with van der Waals surface area (Å²) in [5.74, 6) is 0.817. The molecule has 3 N–H and O–H groups in total. The number of nitrogens with zero attached hydrogens (tertiary/aromatic N) is 2. The molecule has 9 heteroatoms. The van der Waals surface area contributed by atoms with Crippen LogP contribution in [0.1, 0.15) is 36.0 Å². The maximum atomic E-state index is 13.2. The molecule has 2 aromatic heterocycles. The van der Waals surface area contributed by atoms with Gasteiger partial charge in [-0.3, -0.25) is 14.6 Å². The smallest absolute Gasteiger partial charge is 0.255 e. The van der Waals surface area contributed by atoms with Crippen LogP contribution in [0.4, 0.5) is 17.1 Å². The number of ether oxygens (including phenoxy) is 2. The minimum Gasteiger partial charge on any atom is -0.496 e. The van der Waals surface area contributed by atoms with E-state index in [9.17, 15) is 9.59 Å². The van der Waals surface area contributed by atoms with E-state index in [1.165, 1.54) is 33.3 Å². The van der Waals surface area contributed by atoms with Gasteiger partial charge in [0.25, 0.3) is 5.91 Å². The highest BCUT2D eigenvalue weighted by Gasteiger charge is 2.28. The van der Waals surface area contributed by atoms with Crippen LogP contribution in [0.15, 0.2) is 61.1 Å². The van der Waals surface area contributed by atoms with Gasteiger partial charge in [0.1, 0.15) is 11.8 Å². The standard InChI is InChI=1S/C26H29N5O4/c1-34-23-15-19(29-18-11-13-27-14-12-18)6-8-21(23)25(32)31-22(9-5-17-3-4-17)26(33)30-20-7-10-24(35-2)28-16-20/h6-8,10-17,22H,3-5,9H2,1-2H3,(H,27,29)(H,30,33)(H,31,32). The molecule has 1 fully saturated rings. The van der Waals surface area contributed by atoms with E-state index < -0.39 is 6.04 Å². The molecule has 1 aromatic carbocycles. The SMILES string of the molecule is COc1ccc(NC(=O)C(CCC2CC2)NC(=O)c2ccc(Nc3ccncc3)cc2OC)cn1. The maximum Gasteiger partial charge on any atom is 0.255 e. The molecule has 0 saturated heterocycles. The Balaban J connectivity index is 1.46. The van der Waals surface area contributed by atoms with Crippen molar-refractivity contribution in [3.8, 4) is 11.6 Å². The van der Waals surface area contributed by atoms with Gasteiger partial charge in [-0.2, -0.15) is 0 Å². The molecule has 2 amide bonds. The van der Waals surface area contributed by atoms with Gasteiger partial charge in [-0.05, 0) is 49.1 Å². The van der Waals surface area contributed by atoms with Crippen molar-refractivity contribution < 1.29 is 19.1 Å². The highest BCUT2D eigenvalue weighted by Crippen LogP contribution is 2.34. The van der Waals surface area contributed by atoms with Crippen molar-refractivity contribution in [2.24, 2.45) is 5.92 Å². The number of carbonyl (C=O) groups excluding carboxylic acids is 2. The van der Waals surface area contributed by atoms with Crippen LogP contribution >= 0.6 is 0 Å². The van der Waals surface area contributed by atoms with Crippen molar-refractivity contribution in [1.29, 1.82) is 0 Å². The summed E-state index contributed by atoms with van der Waals surface area (Å²) in [5.41, 5.74) is 2.51. The van der Waals surface area contributed by atoms with E-state index in [0.29, 0.717) is 35.2 Å². The third-order valence-corrected chi connectivity index (χ3v) is 5.81. The molecule has 1 unspecified atom stereocenters. The van der Waals surface area contributed by atoms with Crippen LogP contribution in [0.3, 0.4) is 0 Å². The minimum atomic E-state index is -0.690. The predicted molar refractivity (Wildman–Crippen MR) is 133 cm³/mol. The first-order valence-electron chi connectivity index (χ1n) is 11.5. The zero-order chi connectivity index (χ0) is 24.6. The molecular formula is C26H29N5O4. The van der Waals surface area contributed by atoms with E-state index in [0.717, 1.165) is 17.8 Å². The Kier molecular flexibility index (Phi) is 7.77.